The highest BCUT2D eigenvalue weighted by atomic mass is 35.5. The summed E-state index contributed by atoms with van der Waals surface area (Å²) in [6, 6.07) is 14.2. The summed E-state index contributed by atoms with van der Waals surface area (Å²) in [7, 11) is -3.17. The van der Waals surface area contributed by atoms with Gasteiger partial charge in [-0.1, -0.05) is 17.7 Å². The van der Waals surface area contributed by atoms with Crippen LogP contribution in [0.5, 0.6) is 5.75 Å². The molecule has 198 valence electrons. The Kier molecular flexibility index (Phi) is 7.26. The van der Waals surface area contributed by atoms with Gasteiger partial charge in [-0.05, 0) is 73.2 Å². The zero-order valence-electron chi connectivity index (χ0n) is 20.0. The van der Waals surface area contributed by atoms with Crippen molar-refractivity contribution in [3.63, 3.8) is 0 Å². The third-order valence-corrected chi connectivity index (χ3v) is 7.52. The van der Waals surface area contributed by atoms with Gasteiger partial charge in [0.25, 0.3) is 15.9 Å². The van der Waals surface area contributed by atoms with Crippen LogP contribution in [0.4, 0.5) is 13.2 Å². The Bertz CT molecular complexity index is 1660. The summed E-state index contributed by atoms with van der Waals surface area (Å²) in [6.07, 6.45) is -5.24. The molecule has 0 spiro atoms. The maximum atomic E-state index is 13.4. The van der Waals surface area contributed by atoms with Crippen LogP contribution >= 0.6 is 11.6 Å². The van der Waals surface area contributed by atoms with E-state index in [-0.39, 0.29) is 0 Å². The summed E-state index contributed by atoms with van der Waals surface area (Å²) in [5.74, 6) is -0.962. The van der Waals surface area contributed by atoms with Crippen LogP contribution in [0.2, 0.25) is 5.02 Å². The molecule has 0 aliphatic carbocycles. The molecule has 0 atom stereocenters. The lowest BCUT2D eigenvalue weighted by atomic mass is 10.1. The van der Waals surface area contributed by atoms with E-state index in [9.17, 15) is 31.2 Å². The number of benzene rings is 3. The van der Waals surface area contributed by atoms with Gasteiger partial charge in [0.05, 0.1) is 29.5 Å². The lowest BCUT2D eigenvalue weighted by Gasteiger charge is -2.11. The molecule has 0 radical (unpaired) electrons. The summed E-state index contributed by atoms with van der Waals surface area (Å²) >= 11 is 5.93. The maximum absolute atomic E-state index is 13.4. The van der Waals surface area contributed by atoms with Crippen LogP contribution in [0.15, 0.2) is 71.6 Å². The monoisotopic (exact) mass is 564 g/mol. The van der Waals surface area contributed by atoms with Crippen molar-refractivity contribution in [3.8, 4) is 5.75 Å². The molecule has 4 rings (SSSR count). The third kappa shape index (κ3) is 5.39. The topological polar surface area (TPSA) is 94.5 Å². The number of carbonyl (C=O) groups is 2. The SMILES string of the molecule is COc1ccc2c(c1)c(CC(=O)NS(=O)(=O)c1cccc(C(F)(F)F)c1)c(C)n2C(=O)c1ccc(Cl)cc1. The van der Waals surface area contributed by atoms with Crippen molar-refractivity contribution >= 4 is 44.3 Å². The first-order chi connectivity index (χ1) is 17.8. The minimum Gasteiger partial charge on any atom is -0.497 e. The number of hydrogen-bond donors (Lipinski definition) is 1. The van der Waals surface area contributed by atoms with E-state index in [4.69, 9.17) is 16.3 Å². The number of nitrogens with one attached hydrogen (secondary N) is 1. The average Bonchev–Trinajstić information content (AvgIpc) is 3.13. The molecule has 1 N–H and O–H groups in total. The van der Waals surface area contributed by atoms with Crippen molar-refractivity contribution in [1.82, 2.24) is 9.29 Å². The molecule has 0 bridgehead atoms. The molecule has 38 heavy (non-hydrogen) atoms. The predicted octanol–water partition coefficient (Wildman–Crippen LogP) is 5.37. The first-order valence-electron chi connectivity index (χ1n) is 11.0. The molecule has 7 nitrogen and oxygen atoms in total. The van der Waals surface area contributed by atoms with Crippen molar-refractivity contribution in [2.75, 3.05) is 7.11 Å². The zero-order chi connectivity index (χ0) is 27.8. The average molecular weight is 565 g/mol. The quantitative estimate of drug-likeness (QED) is 0.340. The maximum Gasteiger partial charge on any atom is 0.416 e. The standard InChI is InChI=1S/C26H20ClF3N2O5S/c1-15-21(14-24(33)31-38(35,36)20-5-3-4-17(12-20)26(28,29)30)22-13-19(37-2)10-11-23(22)32(15)25(34)16-6-8-18(27)9-7-16/h3-13H,14H2,1-2H3,(H,31,33). The van der Waals surface area contributed by atoms with Gasteiger partial charge in [0.2, 0.25) is 5.91 Å². The summed E-state index contributed by atoms with van der Waals surface area (Å²) in [5.41, 5.74) is 0.331. The van der Waals surface area contributed by atoms with E-state index in [1.807, 2.05) is 4.72 Å². The molecule has 1 aromatic heterocycles. The Hall–Kier alpha value is -3.83. The summed E-state index contributed by atoms with van der Waals surface area (Å²) in [6.45, 7) is 1.60. The Labute approximate surface area is 220 Å². The molecule has 0 aliphatic rings. The fourth-order valence-corrected chi connectivity index (χ4v) is 5.20. The Morgan fingerprint density at radius 3 is 2.34 bits per heavy atom. The Morgan fingerprint density at radius 1 is 1.03 bits per heavy atom. The number of hydrogen-bond acceptors (Lipinski definition) is 5. The van der Waals surface area contributed by atoms with Crippen molar-refractivity contribution in [2.45, 2.75) is 24.4 Å². The molecule has 12 heteroatoms. The van der Waals surface area contributed by atoms with Crippen LogP contribution in [0.3, 0.4) is 0 Å². The summed E-state index contributed by atoms with van der Waals surface area (Å²) in [4.78, 5) is 25.5. The molecular weight excluding hydrogens is 545 g/mol. The van der Waals surface area contributed by atoms with Gasteiger partial charge in [-0.2, -0.15) is 13.2 Å². The van der Waals surface area contributed by atoms with Gasteiger partial charge < -0.3 is 4.74 Å². The largest absolute Gasteiger partial charge is 0.497 e. The lowest BCUT2D eigenvalue weighted by Crippen LogP contribution is -2.32. The number of aromatic nitrogens is 1. The number of carbonyl (C=O) groups excluding carboxylic acids is 2. The molecule has 0 fully saturated rings. The fourth-order valence-electron chi connectivity index (χ4n) is 4.04. The van der Waals surface area contributed by atoms with Gasteiger partial charge in [-0.3, -0.25) is 14.2 Å². The highest BCUT2D eigenvalue weighted by molar-refractivity contribution is 7.90. The summed E-state index contributed by atoms with van der Waals surface area (Å²) < 4.78 is 73.0. The first kappa shape index (κ1) is 27.2. The summed E-state index contributed by atoms with van der Waals surface area (Å²) in [5, 5.41) is 0.912. The van der Waals surface area contributed by atoms with Gasteiger partial charge in [-0.25, -0.2) is 13.1 Å². The van der Waals surface area contributed by atoms with E-state index < -0.39 is 44.9 Å². The number of halogens is 4. The van der Waals surface area contributed by atoms with Gasteiger partial charge in [0, 0.05) is 21.7 Å². The van der Waals surface area contributed by atoms with Crippen LogP contribution in [0.25, 0.3) is 10.9 Å². The second kappa shape index (κ2) is 10.1. The second-order valence-electron chi connectivity index (χ2n) is 8.33. The normalized spacial score (nSPS) is 11.9. The number of alkyl halides is 3. The van der Waals surface area contributed by atoms with Crippen molar-refractivity contribution in [3.05, 3.63) is 94.1 Å². The second-order valence-corrected chi connectivity index (χ2v) is 10.4. The van der Waals surface area contributed by atoms with Crippen LogP contribution in [0, 0.1) is 6.92 Å². The van der Waals surface area contributed by atoms with Crippen molar-refractivity contribution in [2.24, 2.45) is 0 Å². The van der Waals surface area contributed by atoms with Crippen LogP contribution < -0.4 is 9.46 Å². The van der Waals surface area contributed by atoms with Crippen LogP contribution in [-0.4, -0.2) is 31.9 Å². The fraction of sp³-hybridized carbons (Fsp3) is 0.154. The first-order valence-corrected chi connectivity index (χ1v) is 12.9. The van der Waals surface area contributed by atoms with Crippen molar-refractivity contribution < 1.29 is 35.9 Å². The Balaban J connectivity index is 1.71. The van der Waals surface area contributed by atoms with E-state index >= 15 is 0 Å². The molecule has 1 amide bonds. The smallest absolute Gasteiger partial charge is 0.416 e. The highest BCUT2D eigenvalue weighted by Gasteiger charge is 2.32. The highest BCUT2D eigenvalue weighted by Crippen LogP contribution is 2.32. The molecule has 1 heterocycles. The molecule has 0 saturated carbocycles. The number of fused-ring (bicyclic) bond motifs is 1. The number of nitrogens with zero attached hydrogens (tertiary/aromatic N) is 1. The number of ether oxygens (including phenoxy) is 1. The number of amides is 1. The van der Waals surface area contributed by atoms with Gasteiger partial charge >= 0.3 is 6.18 Å². The number of sulfonamides is 1. The number of methoxy groups -OCH3 is 1. The Morgan fingerprint density at radius 2 is 1.71 bits per heavy atom. The van der Waals surface area contributed by atoms with Gasteiger partial charge in [0.15, 0.2) is 0 Å². The minimum absolute atomic E-state index is 0.327. The van der Waals surface area contributed by atoms with Crippen LogP contribution in [-0.2, 0) is 27.4 Å². The molecule has 0 unspecified atom stereocenters. The number of rotatable bonds is 6. The van der Waals surface area contributed by atoms with E-state index in [1.54, 1.807) is 49.4 Å². The lowest BCUT2D eigenvalue weighted by molar-refractivity contribution is -0.137. The zero-order valence-corrected chi connectivity index (χ0v) is 21.5. The molecule has 4 aromatic rings. The van der Waals surface area contributed by atoms with E-state index in [0.717, 1.165) is 18.2 Å². The van der Waals surface area contributed by atoms with Gasteiger partial charge in [-0.15, -0.1) is 0 Å². The molecule has 3 aromatic carbocycles. The molecular formula is C26H20ClF3N2O5S. The third-order valence-electron chi connectivity index (χ3n) is 5.89. The molecule has 0 saturated heterocycles. The van der Waals surface area contributed by atoms with E-state index in [2.05, 4.69) is 0 Å². The van der Waals surface area contributed by atoms with E-state index in [0.29, 0.717) is 44.6 Å². The van der Waals surface area contributed by atoms with E-state index in [1.165, 1.54) is 11.7 Å². The van der Waals surface area contributed by atoms with Crippen LogP contribution in [0.1, 0.15) is 27.2 Å². The molecule has 0 aliphatic heterocycles. The van der Waals surface area contributed by atoms with Crippen molar-refractivity contribution in [1.29, 1.82) is 0 Å². The minimum atomic E-state index is -4.76. The predicted molar refractivity (Wildman–Crippen MR) is 135 cm³/mol. The van der Waals surface area contributed by atoms with Gasteiger partial charge in [0.1, 0.15) is 5.75 Å².